The van der Waals surface area contributed by atoms with E-state index in [-0.39, 0.29) is 0 Å². The molecule has 0 unspecified atom stereocenters. The van der Waals surface area contributed by atoms with Gasteiger partial charge in [0.05, 0.1) is 5.69 Å². The van der Waals surface area contributed by atoms with E-state index in [2.05, 4.69) is 30.7 Å². The highest BCUT2D eigenvalue weighted by Crippen LogP contribution is 2.22. The zero-order chi connectivity index (χ0) is 11.4. The Bertz CT molecular complexity index is 327. The van der Waals surface area contributed by atoms with Crippen molar-refractivity contribution in [1.82, 2.24) is 9.88 Å². The lowest BCUT2D eigenvalue weighted by Gasteiger charge is -2.21. The van der Waals surface area contributed by atoms with Crippen molar-refractivity contribution in [3.8, 4) is 0 Å². The van der Waals surface area contributed by atoms with Crippen LogP contribution in [-0.2, 0) is 0 Å². The van der Waals surface area contributed by atoms with Crippen molar-refractivity contribution < 1.29 is 0 Å². The van der Waals surface area contributed by atoms with Crippen LogP contribution in [-0.4, -0.2) is 44.1 Å². The molecule has 0 radical (unpaired) electrons. The number of anilines is 2. The van der Waals surface area contributed by atoms with Crippen molar-refractivity contribution in [2.45, 2.75) is 0 Å². The summed E-state index contributed by atoms with van der Waals surface area (Å²) in [5, 5.41) is 0. The highest BCUT2D eigenvalue weighted by molar-refractivity contribution is 9.10. The minimum absolute atomic E-state index is 0.700. The topological polar surface area (TPSA) is 45.4 Å². The normalized spacial score (nSPS) is 10.7. The Balaban J connectivity index is 2.69. The molecule has 0 saturated heterocycles. The number of hydrogen-bond donors (Lipinski definition) is 1. The quantitative estimate of drug-likeness (QED) is 0.901. The Morgan fingerprint density at radius 2 is 2.00 bits per heavy atom. The van der Waals surface area contributed by atoms with Gasteiger partial charge in [-0.3, -0.25) is 0 Å². The number of nitrogens with zero attached hydrogens (tertiary/aromatic N) is 3. The second-order valence-electron chi connectivity index (χ2n) is 3.79. The predicted molar refractivity (Wildman–Crippen MR) is 68.2 cm³/mol. The van der Waals surface area contributed by atoms with E-state index < -0.39 is 0 Å². The third-order valence-electron chi connectivity index (χ3n) is 2.11. The van der Waals surface area contributed by atoms with Crippen LogP contribution >= 0.6 is 15.9 Å². The van der Waals surface area contributed by atoms with E-state index in [9.17, 15) is 0 Å². The molecule has 0 atom stereocenters. The summed E-state index contributed by atoms with van der Waals surface area (Å²) in [5.74, 6) is 0.833. The average molecular weight is 273 g/mol. The molecule has 1 rings (SSSR count). The van der Waals surface area contributed by atoms with Gasteiger partial charge in [0.15, 0.2) is 5.82 Å². The van der Waals surface area contributed by atoms with Gasteiger partial charge in [-0.25, -0.2) is 4.98 Å². The summed E-state index contributed by atoms with van der Waals surface area (Å²) < 4.78 is 0.907. The van der Waals surface area contributed by atoms with E-state index in [1.165, 1.54) is 0 Å². The van der Waals surface area contributed by atoms with Gasteiger partial charge in [0.2, 0.25) is 0 Å². The van der Waals surface area contributed by atoms with Crippen LogP contribution in [0.2, 0.25) is 0 Å². The molecule has 0 amide bonds. The van der Waals surface area contributed by atoms with E-state index in [0.717, 1.165) is 23.4 Å². The third kappa shape index (κ3) is 3.68. The summed E-state index contributed by atoms with van der Waals surface area (Å²) in [7, 11) is 6.09. The second-order valence-corrected chi connectivity index (χ2v) is 4.71. The molecule has 4 nitrogen and oxygen atoms in total. The number of rotatable bonds is 4. The minimum atomic E-state index is 0.700. The predicted octanol–water partition coefficient (Wildman–Crippen LogP) is 1.42. The van der Waals surface area contributed by atoms with Gasteiger partial charge in [-0.15, -0.1) is 0 Å². The standard InChI is InChI=1S/C10H17BrN4/c1-14(2)4-5-15(3)10-9(12)6-8(11)7-13-10/h6-7H,4-5,12H2,1-3H3. The van der Waals surface area contributed by atoms with E-state index in [1.54, 1.807) is 6.20 Å². The molecular weight excluding hydrogens is 256 g/mol. The number of nitrogen functional groups attached to an aromatic ring is 1. The molecule has 0 bridgehead atoms. The van der Waals surface area contributed by atoms with Gasteiger partial charge in [0.1, 0.15) is 0 Å². The molecule has 84 valence electrons. The molecule has 0 aliphatic heterocycles. The van der Waals surface area contributed by atoms with E-state index in [0.29, 0.717) is 5.69 Å². The number of nitrogens with two attached hydrogens (primary N) is 1. The lowest BCUT2D eigenvalue weighted by Crippen LogP contribution is -2.29. The first-order valence-electron chi connectivity index (χ1n) is 4.77. The molecule has 1 heterocycles. The van der Waals surface area contributed by atoms with Crippen LogP contribution in [0.1, 0.15) is 0 Å². The first-order chi connectivity index (χ1) is 7.00. The molecular formula is C10H17BrN4. The van der Waals surface area contributed by atoms with Crippen LogP contribution in [0, 0.1) is 0 Å². The molecule has 1 aromatic heterocycles. The van der Waals surface area contributed by atoms with Crippen LogP contribution in [0.3, 0.4) is 0 Å². The zero-order valence-corrected chi connectivity index (χ0v) is 11.0. The fourth-order valence-corrected chi connectivity index (χ4v) is 1.57. The Kier molecular flexibility index (Phi) is 4.35. The van der Waals surface area contributed by atoms with Gasteiger partial charge in [-0.2, -0.15) is 0 Å². The lowest BCUT2D eigenvalue weighted by atomic mass is 10.3. The van der Waals surface area contributed by atoms with Crippen LogP contribution in [0.5, 0.6) is 0 Å². The van der Waals surface area contributed by atoms with Crippen molar-refractivity contribution in [2.75, 3.05) is 44.9 Å². The van der Waals surface area contributed by atoms with E-state index in [1.807, 2.05) is 27.2 Å². The summed E-state index contributed by atoms with van der Waals surface area (Å²) in [5.41, 5.74) is 6.58. The maximum absolute atomic E-state index is 5.88. The second kappa shape index (κ2) is 5.32. The summed E-state index contributed by atoms with van der Waals surface area (Å²) >= 11 is 3.34. The van der Waals surface area contributed by atoms with Crippen LogP contribution < -0.4 is 10.6 Å². The Morgan fingerprint density at radius 3 is 2.53 bits per heavy atom. The molecule has 0 aliphatic carbocycles. The van der Waals surface area contributed by atoms with Crippen LogP contribution in [0.25, 0.3) is 0 Å². The van der Waals surface area contributed by atoms with Crippen molar-refractivity contribution in [1.29, 1.82) is 0 Å². The van der Waals surface area contributed by atoms with Crippen molar-refractivity contribution in [3.05, 3.63) is 16.7 Å². The SMILES string of the molecule is CN(C)CCN(C)c1ncc(Br)cc1N. The summed E-state index contributed by atoms with van der Waals surface area (Å²) in [4.78, 5) is 8.48. The number of pyridine rings is 1. The summed E-state index contributed by atoms with van der Waals surface area (Å²) in [6.07, 6.45) is 1.76. The van der Waals surface area contributed by atoms with Crippen LogP contribution in [0.15, 0.2) is 16.7 Å². The third-order valence-corrected chi connectivity index (χ3v) is 2.54. The highest BCUT2D eigenvalue weighted by atomic mass is 79.9. The molecule has 0 aromatic carbocycles. The first-order valence-corrected chi connectivity index (χ1v) is 5.57. The number of likely N-dealkylation sites (N-methyl/N-ethyl adjacent to an activating group) is 2. The Morgan fingerprint density at radius 1 is 1.33 bits per heavy atom. The lowest BCUT2D eigenvalue weighted by molar-refractivity contribution is 0.416. The minimum Gasteiger partial charge on any atom is -0.396 e. The molecule has 0 fully saturated rings. The van der Waals surface area contributed by atoms with Gasteiger partial charge >= 0.3 is 0 Å². The number of halogens is 1. The number of aromatic nitrogens is 1. The van der Waals surface area contributed by atoms with Gasteiger partial charge in [0.25, 0.3) is 0 Å². The average Bonchev–Trinajstić information content (AvgIpc) is 2.14. The maximum Gasteiger partial charge on any atom is 0.151 e. The molecule has 0 aliphatic rings. The molecule has 0 saturated carbocycles. The first kappa shape index (κ1) is 12.3. The van der Waals surface area contributed by atoms with Crippen molar-refractivity contribution >= 4 is 27.4 Å². The molecule has 2 N–H and O–H groups in total. The monoisotopic (exact) mass is 272 g/mol. The molecule has 15 heavy (non-hydrogen) atoms. The summed E-state index contributed by atoms with van der Waals surface area (Å²) in [6.45, 7) is 1.89. The van der Waals surface area contributed by atoms with E-state index >= 15 is 0 Å². The fourth-order valence-electron chi connectivity index (χ4n) is 1.22. The van der Waals surface area contributed by atoms with Gasteiger partial charge in [-0.05, 0) is 36.1 Å². The molecule has 0 spiro atoms. The van der Waals surface area contributed by atoms with Crippen molar-refractivity contribution in [2.24, 2.45) is 0 Å². The smallest absolute Gasteiger partial charge is 0.151 e. The fraction of sp³-hybridized carbons (Fsp3) is 0.500. The maximum atomic E-state index is 5.88. The van der Waals surface area contributed by atoms with Crippen LogP contribution in [0.4, 0.5) is 11.5 Å². The van der Waals surface area contributed by atoms with Gasteiger partial charge in [-0.1, -0.05) is 0 Å². The molecule has 1 aromatic rings. The van der Waals surface area contributed by atoms with Gasteiger partial charge < -0.3 is 15.5 Å². The summed E-state index contributed by atoms with van der Waals surface area (Å²) in [6, 6.07) is 1.87. The van der Waals surface area contributed by atoms with Crippen molar-refractivity contribution in [3.63, 3.8) is 0 Å². The largest absolute Gasteiger partial charge is 0.396 e. The Hall–Kier alpha value is -0.810. The number of hydrogen-bond acceptors (Lipinski definition) is 4. The molecule has 5 heteroatoms. The Labute approximate surface area is 99.2 Å². The zero-order valence-electron chi connectivity index (χ0n) is 9.37. The highest BCUT2D eigenvalue weighted by Gasteiger charge is 2.07. The van der Waals surface area contributed by atoms with Gasteiger partial charge in [0, 0.05) is 30.8 Å². The van der Waals surface area contributed by atoms with E-state index in [4.69, 9.17) is 5.73 Å².